The van der Waals surface area contributed by atoms with Crippen LogP contribution in [0.3, 0.4) is 0 Å². The van der Waals surface area contributed by atoms with E-state index in [4.69, 9.17) is 4.42 Å². The van der Waals surface area contributed by atoms with Crippen molar-refractivity contribution in [2.45, 2.75) is 4.90 Å². The Balaban J connectivity index is 1.67. The van der Waals surface area contributed by atoms with Crippen LogP contribution in [0.15, 0.2) is 87.1 Å². The predicted molar refractivity (Wildman–Crippen MR) is 109 cm³/mol. The molecule has 1 heterocycles. The van der Waals surface area contributed by atoms with Crippen molar-refractivity contribution in [2.24, 2.45) is 0 Å². The first-order valence-electron chi connectivity index (χ1n) is 8.51. The molecule has 0 saturated carbocycles. The lowest BCUT2D eigenvalue weighted by Crippen LogP contribution is -2.12. The van der Waals surface area contributed by atoms with Crippen molar-refractivity contribution in [3.05, 3.63) is 83.2 Å². The number of anilines is 1. The molecule has 0 bridgehead atoms. The van der Waals surface area contributed by atoms with Gasteiger partial charge in [-0.25, -0.2) is 8.42 Å². The minimum absolute atomic E-state index is 0.117. The van der Waals surface area contributed by atoms with Gasteiger partial charge in [0.15, 0.2) is 11.5 Å². The van der Waals surface area contributed by atoms with E-state index in [0.29, 0.717) is 11.3 Å². The number of fused-ring (bicyclic) bond motifs is 1. The van der Waals surface area contributed by atoms with E-state index in [0.717, 1.165) is 12.1 Å². The molecule has 0 amide bonds. The lowest BCUT2D eigenvalue weighted by Gasteiger charge is -2.09. The zero-order chi connectivity index (χ0) is 20.6. The van der Waals surface area contributed by atoms with Crippen LogP contribution in [0.5, 0.6) is 11.5 Å². The number of rotatable bonds is 4. The average Bonchev–Trinajstić information content (AvgIpc) is 2.71. The summed E-state index contributed by atoms with van der Waals surface area (Å²) in [5.74, 6) is -0.809. The van der Waals surface area contributed by atoms with Crippen molar-refractivity contribution in [3.63, 3.8) is 0 Å². The maximum absolute atomic E-state index is 12.7. The van der Waals surface area contributed by atoms with Crippen LogP contribution in [0.1, 0.15) is 0 Å². The molecule has 0 aliphatic carbocycles. The Hall–Kier alpha value is -3.78. The van der Waals surface area contributed by atoms with E-state index in [2.05, 4.69) is 4.72 Å². The molecule has 3 N–H and O–H groups in total. The molecule has 0 unspecified atom stereocenters. The highest BCUT2D eigenvalue weighted by atomic mass is 32.2. The van der Waals surface area contributed by atoms with E-state index in [1.807, 2.05) is 0 Å². The van der Waals surface area contributed by atoms with E-state index in [-0.39, 0.29) is 32.6 Å². The molecule has 0 spiro atoms. The van der Waals surface area contributed by atoms with E-state index >= 15 is 0 Å². The maximum Gasteiger partial charge on any atom is 0.261 e. The molecular formula is C21H15NO6S. The van der Waals surface area contributed by atoms with Gasteiger partial charge >= 0.3 is 0 Å². The Morgan fingerprint density at radius 1 is 0.862 bits per heavy atom. The zero-order valence-corrected chi connectivity index (χ0v) is 15.7. The van der Waals surface area contributed by atoms with Gasteiger partial charge in [-0.05, 0) is 35.9 Å². The van der Waals surface area contributed by atoms with E-state index < -0.39 is 15.8 Å². The molecule has 0 aliphatic heterocycles. The second kappa shape index (κ2) is 6.99. The second-order valence-corrected chi connectivity index (χ2v) is 7.99. The highest BCUT2D eigenvalue weighted by molar-refractivity contribution is 7.92. The fourth-order valence-corrected chi connectivity index (χ4v) is 3.96. The number of phenols is 2. The molecule has 8 heteroatoms. The van der Waals surface area contributed by atoms with Gasteiger partial charge in [-0.15, -0.1) is 0 Å². The number of benzene rings is 3. The molecule has 1 aromatic heterocycles. The third-order valence-electron chi connectivity index (χ3n) is 4.37. The van der Waals surface area contributed by atoms with Gasteiger partial charge in [0.05, 0.1) is 15.8 Å². The van der Waals surface area contributed by atoms with E-state index in [1.54, 1.807) is 30.3 Å². The molecule has 3 aromatic carbocycles. The highest BCUT2D eigenvalue weighted by Crippen LogP contribution is 2.30. The molecule has 0 fully saturated rings. The van der Waals surface area contributed by atoms with Gasteiger partial charge in [0, 0.05) is 11.8 Å². The molecule has 0 radical (unpaired) electrons. The summed E-state index contributed by atoms with van der Waals surface area (Å²) in [4.78, 5) is 12.9. The Kier molecular flexibility index (Phi) is 4.48. The number of hydrogen-bond acceptors (Lipinski definition) is 6. The zero-order valence-electron chi connectivity index (χ0n) is 14.9. The summed E-state index contributed by atoms with van der Waals surface area (Å²) in [5, 5.41) is 19.3. The standard InChI is InChI=1S/C21H15NO6S/c23-18-10-16-20(11-19(18)24)28-12-17(21(16)25)13-6-8-14(9-7-13)22-29(26,27)15-4-2-1-3-5-15/h1-12,22-24H. The number of aromatic hydroxyl groups is 2. The maximum atomic E-state index is 12.7. The molecular weight excluding hydrogens is 394 g/mol. The van der Waals surface area contributed by atoms with Crippen LogP contribution < -0.4 is 10.2 Å². The van der Waals surface area contributed by atoms with Crippen molar-refractivity contribution in [1.29, 1.82) is 0 Å². The second-order valence-electron chi connectivity index (χ2n) is 6.31. The summed E-state index contributed by atoms with van der Waals surface area (Å²) in [6, 6.07) is 16.5. The lowest BCUT2D eigenvalue weighted by molar-refractivity contribution is 0.403. The smallest absolute Gasteiger partial charge is 0.261 e. The van der Waals surface area contributed by atoms with Crippen LogP contribution in [0.25, 0.3) is 22.1 Å². The van der Waals surface area contributed by atoms with Crippen LogP contribution >= 0.6 is 0 Å². The van der Waals surface area contributed by atoms with Gasteiger partial charge in [0.2, 0.25) is 5.43 Å². The molecule has 146 valence electrons. The molecule has 0 aliphatic rings. The molecule has 0 saturated heterocycles. The minimum atomic E-state index is -3.72. The van der Waals surface area contributed by atoms with Gasteiger partial charge in [-0.2, -0.15) is 0 Å². The molecule has 0 atom stereocenters. The summed E-state index contributed by atoms with van der Waals surface area (Å²) in [6.07, 6.45) is 1.25. The Morgan fingerprint density at radius 3 is 2.21 bits per heavy atom. The Labute approximate surface area is 165 Å². The average molecular weight is 409 g/mol. The first-order chi connectivity index (χ1) is 13.8. The van der Waals surface area contributed by atoms with Crippen molar-refractivity contribution in [3.8, 4) is 22.6 Å². The Morgan fingerprint density at radius 2 is 1.52 bits per heavy atom. The third kappa shape index (κ3) is 3.53. The number of nitrogens with one attached hydrogen (secondary N) is 1. The molecule has 7 nitrogen and oxygen atoms in total. The monoisotopic (exact) mass is 409 g/mol. The largest absolute Gasteiger partial charge is 0.504 e. The Bertz CT molecular complexity index is 1360. The molecule has 4 aromatic rings. The van der Waals surface area contributed by atoms with Crippen molar-refractivity contribution in [2.75, 3.05) is 4.72 Å². The van der Waals surface area contributed by atoms with Gasteiger partial charge in [0.25, 0.3) is 10.0 Å². The lowest BCUT2D eigenvalue weighted by atomic mass is 10.1. The quantitative estimate of drug-likeness (QED) is 0.443. The third-order valence-corrected chi connectivity index (χ3v) is 5.77. The van der Waals surface area contributed by atoms with Crippen LogP contribution in [-0.4, -0.2) is 18.6 Å². The number of phenolic OH excluding ortho intramolecular Hbond substituents is 2. The van der Waals surface area contributed by atoms with Gasteiger partial charge in [-0.1, -0.05) is 30.3 Å². The van der Waals surface area contributed by atoms with Gasteiger partial charge in [0.1, 0.15) is 11.8 Å². The van der Waals surface area contributed by atoms with Crippen LogP contribution in [-0.2, 0) is 10.0 Å². The van der Waals surface area contributed by atoms with Crippen molar-refractivity contribution >= 4 is 26.7 Å². The summed E-state index contributed by atoms with van der Waals surface area (Å²) in [6.45, 7) is 0. The summed E-state index contributed by atoms with van der Waals surface area (Å²) < 4.78 is 32.7. The minimum Gasteiger partial charge on any atom is -0.504 e. The molecule has 4 rings (SSSR count). The number of sulfonamides is 1. The SMILES string of the molecule is O=c1c(-c2ccc(NS(=O)(=O)c3ccccc3)cc2)coc2cc(O)c(O)cc12. The topological polar surface area (TPSA) is 117 Å². The highest BCUT2D eigenvalue weighted by Gasteiger charge is 2.15. The van der Waals surface area contributed by atoms with Gasteiger partial charge < -0.3 is 14.6 Å². The van der Waals surface area contributed by atoms with E-state index in [9.17, 15) is 23.4 Å². The number of hydrogen-bond donors (Lipinski definition) is 3. The fraction of sp³-hybridized carbons (Fsp3) is 0. The van der Waals surface area contributed by atoms with E-state index in [1.165, 1.54) is 30.5 Å². The van der Waals surface area contributed by atoms with Crippen LogP contribution in [0.4, 0.5) is 5.69 Å². The first-order valence-corrected chi connectivity index (χ1v) is 9.99. The van der Waals surface area contributed by atoms with Crippen molar-refractivity contribution in [1.82, 2.24) is 0 Å². The predicted octanol–water partition coefficient (Wildman–Crippen LogP) is 3.67. The van der Waals surface area contributed by atoms with Crippen molar-refractivity contribution < 1.29 is 23.0 Å². The van der Waals surface area contributed by atoms with Gasteiger partial charge in [-0.3, -0.25) is 9.52 Å². The normalized spacial score (nSPS) is 11.4. The summed E-state index contributed by atoms with van der Waals surface area (Å²) in [7, 11) is -3.72. The summed E-state index contributed by atoms with van der Waals surface area (Å²) in [5.41, 5.74) is 0.835. The van der Waals surface area contributed by atoms with Crippen LogP contribution in [0.2, 0.25) is 0 Å². The first kappa shape index (κ1) is 18.6. The summed E-state index contributed by atoms with van der Waals surface area (Å²) >= 11 is 0. The fourth-order valence-electron chi connectivity index (χ4n) is 2.88. The molecule has 29 heavy (non-hydrogen) atoms. The van der Waals surface area contributed by atoms with Crippen LogP contribution in [0, 0.1) is 0 Å².